The minimum Gasteiger partial charge on any atom is -0.356 e. The smallest absolute Gasteiger partial charge is 0.221 e. The van der Waals surface area contributed by atoms with E-state index < -0.39 is 10.0 Å². The third kappa shape index (κ3) is 10.2. The van der Waals surface area contributed by atoms with Crippen LogP contribution in [0.1, 0.15) is 40.5 Å². The van der Waals surface area contributed by atoms with E-state index in [0.717, 1.165) is 0 Å². The van der Waals surface area contributed by atoms with Crippen molar-refractivity contribution in [1.29, 1.82) is 0 Å². The lowest BCUT2D eigenvalue weighted by atomic mass is 10.1. The molecule has 0 spiro atoms. The maximum absolute atomic E-state index is 11.6. The van der Waals surface area contributed by atoms with Gasteiger partial charge >= 0.3 is 0 Å². The van der Waals surface area contributed by atoms with Crippen molar-refractivity contribution in [3.8, 4) is 0 Å². The standard InChI is InChI=1S/C13H29N3O3S/c1-6-16(20(5,18)19)11-7-9-14-12(17)8-10-15-13(2,3)4/h15H,6-11H2,1-5H3,(H,14,17). The molecule has 2 N–H and O–H groups in total. The van der Waals surface area contributed by atoms with Crippen molar-refractivity contribution < 1.29 is 13.2 Å². The van der Waals surface area contributed by atoms with E-state index in [1.165, 1.54) is 10.6 Å². The summed E-state index contributed by atoms with van der Waals surface area (Å²) in [5, 5.41) is 6.04. The fourth-order valence-corrected chi connectivity index (χ4v) is 2.61. The van der Waals surface area contributed by atoms with Gasteiger partial charge in [0.1, 0.15) is 0 Å². The van der Waals surface area contributed by atoms with Crippen LogP contribution in [-0.2, 0) is 14.8 Å². The first-order valence-corrected chi connectivity index (χ1v) is 8.88. The third-order valence-corrected chi connectivity index (χ3v) is 4.11. The van der Waals surface area contributed by atoms with Crippen LogP contribution in [0.2, 0.25) is 0 Å². The molecule has 0 rings (SSSR count). The second-order valence-corrected chi connectivity index (χ2v) is 7.87. The van der Waals surface area contributed by atoms with E-state index in [-0.39, 0.29) is 11.4 Å². The molecule has 0 atom stereocenters. The van der Waals surface area contributed by atoms with Gasteiger partial charge in [0, 0.05) is 38.1 Å². The average Bonchev–Trinajstić information content (AvgIpc) is 2.25. The van der Waals surface area contributed by atoms with Crippen LogP contribution >= 0.6 is 0 Å². The Morgan fingerprint density at radius 1 is 1.20 bits per heavy atom. The minimum atomic E-state index is -3.14. The zero-order chi connectivity index (χ0) is 15.8. The molecular weight excluding hydrogens is 278 g/mol. The monoisotopic (exact) mass is 307 g/mol. The van der Waals surface area contributed by atoms with Crippen molar-refractivity contribution in [2.75, 3.05) is 32.4 Å². The van der Waals surface area contributed by atoms with Gasteiger partial charge in [-0.15, -0.1) is 0 Å². The summed E-state index contributed by atoms with van der Waals surface area (Å²) < 4.78 is 24.1. The molecule has 6 nitrogen and oxygen atoms in total. The Morgan fingerprint density at radius 2 is 1.80 bits per heavy atom. The van der Waals surface area contributed by atoms with E-state index in [9.17, 15) is 13.2 Å². The van der Waals surface area contributed by atoms with Gasteiger partial charge in [-0.1, -0.05) is 6.92 Å². The summed E-state index contributed by atoms with van der Waals surface area (Å²) in [6.07, 6.45) is 2.26. The van der Waals surface area contributed by atoms with Crippen molar-refractivity contribution in [3.05, 3.63) is 0 Å². The van der Waals surface area contributed by atoms with Crippen LogP contribution in [0.4, 0.5) is 0 Å². The molecule has 0 aromatic carbocycles. The second kappa shape index (κ2) is 8.59. The molecule has 0 bridgehead atoms. The Morgan fingerprint density at radius 3 is 2.25 bits per heavy atom. The molecule has 0 heterocycles. The van der Waals surface area contributed by atoms with Crippen molar-refractivity contribution in [3.63, 3.8) is 0 Å². The molecule has 0 fully saturated rings. The molecular formula is C13H29N3O3S. The molecule has 1 amide bonds. The van der Waals surface area contributed by atoms with Gasteiger partial charge in [0.2, 0.25) is 15.9 Å². The van der Waals surface area contributed by atoms with Gasteiger partial charge in [-0.25, -0.2) is 12.7 Å². The fraction of sp³-hybridized carbons (Fsp3) is 0.923. The topological polar surface area (TPSA) is 78.5 Å². The molecule has 0 unspecified atom stereocenters. The second-order valence-electron chi connectivity index (χ2n) is 5.88. The quantitative estimate of drug-likeness (QED) is 0.610. The van der Waals surface area contributed by atoms with Crippen molar-refractivity contribution in [2.45, 2.75) is 46.1 Å². The first kappa shape index (κ1) is 19.3. The zero-order valence-corrected chi connectivity index (χ0v) is 14.1. The summed E-state index contributed by atoms with van der Waals surface area (Å²) in [6.45, 7) is 10.00. The molecule has 0 aliphatic carbocycles. The number of nitrogens with one attached hydrogen (secondary N) is 2. The molecule has 7 heteroatoms. The highest BCUT2D eigenvalue weighted by molar-refractivity contribution is 7.88. The van der Waals surface area contributed by atoms with Gasteiger partial charge in [-0.2, -0.15) is 0 Å². The molecule has 120 valence electrons. The van der Waals surface area contributed by atoms with Crippen LogP contribution in [0.3, 0.4) is 0 Å². The lowest BCUT2D eigenvalue weighted by Gasteiger charge is -2.20. The van der Waals surface area contributed by atoms with E-state index in [4.69, 9.17) is 0 Å². The molecule has 20 heavy (non-hydrogen) atoms. The predicted molar refractivity (Wildman–Crippen MR) is 82.1 cm³/mol. The Hall–Kier alpha value is -0.660. The number of hydrogen-bond acceptors (Lipinski definition) is 4. The van der Waals surface area contributed by atoms with Gasteiger partial charge in [0.25, 0.3) is 0 Å². The molecule has 0 saturated heterocycles. The van der Waals surface area contributed by atoms with Crippen LogP contribution < -0.4 is 10.6 Å². The van der Waals surface area contributed by atoms with Gasteiger partial charge in [0.15, 0.2) is 0 Å². The molecule has 0 aromatic rings. The number of sulfonamides is 1. The van der Waals surface area contributed by atoms with Gasteiger partial charge < -0.3 is 10.6 Å². The van der Waals surface area contributed by atoms with Crippen LogP contribution in [0.15, 0.2) is 0 Å². The lowest BCUT2D eigenvalue weighted by Crippen LogP contribution is -2.39. The summed E-state index contributed by atoms with van der Waals surface area (Å²) in [5.74, 6) is -0.0100. The summed E-state index contributed by atoms with van der Waals surface area (Å²) in [5.41, 5.74) is 0.0113. The Bertz CT molecular complexity index is 388. The molecule has 0 aromatic heterocycles. The van der Waals surface area contributed by atoms with Crippen molar-refractivity contribution in [1.82, 2.24) is 14.9 Å². The highest BCUT2D eigenvalue weighted by Crippen LogP contribution is 1.99. The number of hydrogen-bond donors (Lipinski definition) is 2. The summed E-state index contributed by atoms with van der Waals surface area (Å²) >= 11 is 0. The van der Waals surface area contributed by atoms with E-state index >= 15 is 0 Å². The first-order chi connectivity index (χ1) is 9.06. The number of carbonyl (C=O) groups excluding carboxylic acids is 1. The highest BCUT2D eigenvalue weighted by Gasteiger charge is 2.13. The Labute approximate surface area is 123 Å². The van der Waals surface area contributed by atoms with Gasteiger partial charge in [-0.05, 0) is 27.2 Å². The fourth-order valence-electron chi connectivity index (χ4n) is 1.68. The lowest BCUT2D eigenvalue weighted by molar-refractivity contribution is -0.121. The molecule has 0 saturated carbocycles. The predicted octanol–water partition coefficient (Wildman–Crippen LogP) is 0.552. The van der Waals surface area contributed by atoms with Crippen LogP contribution in [-0.4, -0.2) is 56.6 Å². The molecule has 0 radical (unpaired) electrons. The average molecular weight is 307 g/mol. The maximum atomic E-state index is 11.6. The summed E-state index contributed by atoms with van der Waals surface area (Å²) in [6, 6.07) is 0. The normalized spacial score (nSPS) is 12.7. The maximum Gasteiger partial charge on any atom is 0.221 e. The minimum absolute atomic E-state index is 0.0100. The van der Waals surface area contributed by atoms with Crippen LogP contribution in [0.5, 0.6) is 0 Å². The number of rotatable bonds is 9. The zero-order valence-electron chi connectivity index (χ0n) is 13.3. The number of nitrogens with zero attached hydrogens (tertiary/aromatic N) is 1. The molecule has 0 aliphatic heterocycles. The number of carbonyl (C=O) groups is 1. The van der Waals surface area contributed by atoms with E-state index in [1.807, 2.05) is 0 Å². The number of amides is 1. The third-order valence-electron chi connectivity index (χ3n) is 2.74. The van der Waals surface area contributed by atoms with Gasteiger partial charge in [0.05, 0.1) is 6.26 Å². The summed E-state index contributed by atoms with van der Waals surface area (Å²) in [4.78, 5) is 11.6. The van der Waals surface area contributed by atoms with Gasteiger partial charge in [-0.3, -0.25) is 4.79 Å². The van der Waals surface area contributed by atoms with E-state index in [1.54, 1.807) is 6.92 Å². The van der Waals surface area contributed by atoms with Crippen LogP contribution in [0.25, 0.3) is 0 Å². The van der Waals surface area contributed by atoms with Crippen LogP contribution in [0, 0.1) is 0 Å². The molecule has 0 aliphatic rings. The largest absolute Gasteiger partial charge is 0.356 e. The highest BCUT2D eigenvalue weighted by atomic mass is 32.2. The Balaban J connectivity index is 3.77. The van der Waals surface area contributed by atoms with E-state index in [0.29, 0.717) is 39.0 Å². The summed E-state index contributed by atoms with van der Waals surface area (Å²) in [7, 11) is -3.14. The van der Waals surface area contributed by atoms with Crippen molar-refractivity contribution >= 4 is 15.9 Å². The first-order valence-electron chi connectivity index (χ1n) is 7.03. The van der Waals surface area contributed by atoms with Crippen molar-refractivity contribution in [2.24, 2.45) is 0 Å². The van der Waals surface area contributed by atoms with E-state index in [2.05, 4.69) is 31.4 Å². The Kier molecular flexibility index (Phi) is 8.30. The SMILES string of the molecule is CCN(CCCNC(=O)CCNC(C)(C)C)S(C)(=O)=O.